The van der Waals surface area contributed by atoms with E-state index in [0.29, 0.717) is 6.54 Å². The van der Waals surface area contributed by atoms with E-state index in [-0.39, 0.29) is 30.3 Å². The van der Waals surface area contributed by atoms with Gasteiger partial charge in [-0.3, -0.25) is 4.31 Å². The van der Waals surface area contributed by atoms with Crippen molar-refractivity contribution in [1.29, 1.82) is 0 Å². The third kappa shape index (κ3) is 5.74. The number of anilines is 1. The monoisotopic (exact) mass is 396 g/mol. The molecule has 0 amide bonds. The highest BCUT2D eigenvalue weighted by atomic mass is 32.2. The molecule has 0 aromatic heterocycles. The molecular formula is C19H25FN2O4S. The van der Waals surface area contributed by atoms with Gasteiger partial charge in [-0.1, -0.05) is 17.7 Å². The zero-order chi connectivity index (χ0) is 20.0. The molecule has 0 fully saturated rings. The van der Waals surface area contributed by atoms with E-state index in [1.165, 1.54) is 36.4 Å². The minimum atomic E-state index is -3.94. The lowest BCUT2D eigenvalue weighted by Gasteiger charge is -2.28. The van der Waals surface area contributed by atoms with Gasteiger partial charge in [-0.25, -0.2) is 12.8 Å². The van der Waals surface area contributed by atoms with Crippen molar-refractivity contribution in [1.82, 2.24) is 4.90 Å². The third-order valence-corrected chi connectivity index (χ3v) is 5.91. The molecular weight excluding hydrogens is 371 g/mol. The van der Waals surface area contributed by atoms with Crippen LogP contribution in [0.1, 0.15) is 5.56 Å². The predicted octanol–water partition coefficient (Wildman–Crippen LogP) is 1.61. The van der Waals surface area contributed by atoms with E-state index in [0.717, 1.165) is 9.87 Å². The van der Waals surface area contributed by atoms with Gasteiger partial charge in [0.2, 0.25) is 0 Å². The standard InChI is InChI=1S/C19H25FN2O4S/c1-15-3-9-19(10-4-15)27(25,26)22(17-7-5-16(20)6-8-17)14-18(24)13-21(2)11-12-23/h3-10,18,23-24H,11-14H2,1-2H3. The molecule has 1 atom stereocenters. The van der Waals surface area contributed by atoms with Crippen LogP contribution in [0.25, 0.3) is 0 Å². The molecule has 0 spiro atoms. The summed E-state index contributed by atoms with van der Waals surface area (Å²) >= 11 is 0. The number of likely N-dealkylation sites (N-methyl/N-ethyl adjacent to an activating group) is 1. The molecule has 148 valence electrons. The van der Waals surface area contributed by atoms with Crippen molar-refractivity contribution in [2.45, 2.75) is 17.9 Å². The molecule has 0 bridgehead atoms. The number of rotatable bonds is 9. The van der Waals surface area contributed by atoms with Crippen LogP contribution in [0.5, 0.6) is 0 Å². The number of nitrogens with zero attached hydrogens (tertiary/aromatic N) is 2. The summed E-state index contributed by atoms with van der Waals surface area (Å²) in [6, 6.07) is 11.5. The van der Waals surface area contributed by atoms with Gasteiger partial charge in [0, 0.05) is 13.1 Å². The summed E-state index contributed by atoms with van der Waals surface area (Å²) in [5.41, 5.74) is 1.19. The summed E-state index contributed by atoms with van der Waals surface area (Å²) in [4.78, 5) is 1.79. The molecule has 0 heterocycles. The van der Waals surface area contributed by atoms with Gasteiger partial charge in [-0.15, -0.1) is 0 Å². The fraction of sp³-hybridized carbons (Fsp3) is 0.368. The van der Waals surface area contributed by atoms with Crippen molar-refractivity contribution in [3.63, 3.8) is 0 Å². The molecule has 0 saturated carbocycles. The Labute approximate surface area is 159 Å². The summed E-state index contributed by atoms with van der Waals surface area (Å²) in [6.45, 7) is 2.14. The molecule has 2 N–H and O–H groups in total. The number of sulfonamides is 1. The van der Waals surface area contributed by atoms with Crippen molar-refractivity contribution in [2.24, 2.45) is 0 Å². The molecule has 0 aliphatic carbocycles. The Bertz CT molecular complexity index is 826. The highest BCUT2D eigenvalue weighted by Gasteiger charge is 2.27. The van der Waals surface area contributed by atoms with Crippen molar-refractivity contribution in [3.8, 4) is 0 Å². The molecule has 27 heavy (non-hydrogen) atoms. The largest absolute Gasteiger partial charge is 0.395 e. The Hall–Kier alpha value is -2.00. The van der Waals surface area contributed by atoms with Gasteiger partial charge in [0.05, 0.1) is 29.8 Å². The summed E-state index contributed by atoms with van der Waals surface area (Å²) in [5, 5.41) is 19.4. The van der Waals surface area contributed by atoms with Gasteiger partial charge in [0.15, 0.2) is 0 Å². The number of aliphatic hydroxyl groups is 2. The SMILES string of the molecule is Cc1ccc(S(=O)(=O)N(CC(O)CN(C)CCO)c2ccc(F)cc2)cc1. The number of halogens is 1. The smallest absolute Gasteiger partial charge is 0.264 e. The first kappa shape index (κ1) is 21.3. The lowest BCUT2D eigenvalue weighted by Crippen LogP contribution is -2.42. The molecule has 0 aliphatic rings. The normalized spacial score (nSPS) is 13.0. The van der Waals surface area contributed by atoms with Crippen molar-refractivity contribution < 1.29 is 23.0 Å². The maximum absolute atomic E-state index is 13.3. The Morgan fingerprint density at radius 2 is 1.63 bits per heavy atom. The van der Waals surface area contributed by atoms with Crippen LogP contribution in [0.4, 0.5) is 10.1 Å². The molecule has 2 aromatic carbocycles. The third-order valence-electron chi connectivity index (χ3n) is 4.10. The molecule has 0 radical (unpaired) electrons. The number of hydrogen-bond acceptors (Lipinski definition) is 5. The maximum atomic E-state index is 13.3. The first-order valence-corrected chi connectivity index (χ1v) is 10.0. The van der Waals surface area contributed by atoms with E-state index in [2.05, 4.69) is 0 Å². The Balaban J connectivity index is 2.34. The van der Waals surface area contributed by atoms with E-state index in [9.17, 15) is 17.9 Å². The maximum Gasteiger partial charge on any atom is 0.264 e. The van der Waals surface area contributed by atoms with Crippen LogP contribution in [-0.2, 0) is 10.0 Å². The topological polar surface area (TPSA) is 81.1 Å². The molecule has 0 saturated heterocycles. The van der Waals surface area contributed by atoms with Gasteiger partial charge < -0.3 is 15.1 Å². The molecule has 2 rings (SSSR count). The molecule has 6 nitrogen and oxygen atoms in total. The predicted molar refractivity (Wildman–Crippen MR) is 103 cm³/mol. The van der Waals surface area contributed by atoms with Crippen LogP contribution < -0.4 is 4.31 Å². The van der Waals surface area contributed by atoms with E-state index in [4.69, 9.17) is 5.11 Å². The summed E-state index contributed by atoms with van der Waals surface area (Å²) < 4.78 is 40.7. The lowest BCUT2D eigenvalue weighted by atomic mass is 10.2. The van der Waals surface area contributed by atoms with E-state index in [1.807, 2.05) is 6.92 Å². The van der Waals surface area contributed by atoms with Crippen LogP contribution in [0, 0.1) is 12.7 Å². The fourth-order valence-corrected chi connectivity index (χ4v) is 4.16. The van der Waals surface area contributed by atoms with Crippen molar-refractivity contribution >= 4 is 15.7 Å². The van der Waals surface area contributed by atoms with Crippen LogP contribution in [0.3, 0.4) is 0 Å². The first-order chi connectivity index (χ1) is 12.7. The summed E-state index contributed by atoms with van der Waals surface area (Å²) in [7, 11) is -2.23. The fourth-order valence-electron chi connectivity index (χ4n) is 2.66. The second-order valence-corrected chi connectivity index (χ2v) is 8.33. The number of hydrogen-bond donors (Lipinski definition) is 2. The molecule has 1 unspecified atom stereocenters. The second-order valence-electron chi connectivity index (χ2n) is 6.47. The average Bonchev–Trinajstić information content (AvgIpc) is 2.61. The Morgan fingerprint density at radius 3 is 2.19 bits per heavy atom. The minimum absolute atomic E-state index is 0.0629. The Kier molecular flexibility index (Phi) is 7.32. The number of aliphatic hydroxyl groups excluding tert-OH is 2. The van der Waals surface area contributed by atoms with Gasteiger partial charge in [-0.2, -0.15) is 0 Å². The van der Waals surface area contributed by atoms with Crippen LogP contribution in [0.15, 0.2) is 53.4 Å². The average molecular weight is 396 g/mol. The lowest BCUT2D eigenvalue weighted by molar-refractivity contribution is 0.121. The van der Waals surface area contributed by atoms with Gasteiger partial charge in [0.25, 0.3) is 10.0 Å². The number of benzene rings is 2. The molecule has 0 aliphatic heterocycles. The van der Waals surface area contributed by atoms with E-state index in [1.54, 1.807) is 24.1 Å². The van der Waals surface area contributed by atoms with Gasteiger partial charge in [0.1, 0.15) is 5.82 Å². The van der Waals surface area contributed by atoms with Crippen molar-refractivity contribution in [3.05, 3.63) is 59.9 Å². The van der Waals surface area contributed by atoms with E-state index >= 15 is 0 Å². The van der Waals surface area contributed by atoms with Gasteiger partial charge >= 0.3 is 0 Å². The molecule has 8 heteroatoms. The zero-order valence-electron chi connectivity index (χ0n) is 15.4. The highest BCUT2D eigenvalue weighted by Crippen LogP contribution is 2.24. The minimum Gasteiger partial charge on any atom is -0.395 e. The summed E-state index contributed by atoms with van der Waals surface area (Å²) in [6.07, 6.45) is -0.994. The molecule has 2 aromatic rings. The zero-order valence-corrected chi connectivity index (χ0v) is 16.2. The van der Waals surface area contributed by atoms with Gasteiger partial charge in [-0.05, 0) is 50.4 Å². The van der Waals surface area contributed by atoms with Crippen LogP contribution >= 0.6 is 0 Å². The second kappa shape index (κ2) is 9.27. The van der Waals surface area contributed by atoms with Crippen LogP contribution in [0.2, 0.25) is 0 Å². The highest BCUT2D eigenvalue weighted by molar-refractivity contribution is 7.92. The first-order valence-electron chi connectivity index (χ1n) is 8.56. The van der Waals surface area contributed by atoms with Crippen LogP contribution in [-0.4, -0.2) is 62.9 Å². The summed E-state index contributed by atoms with van der Waals surface area (Å²) in [5.74, 6) is -0.477. The quantitative estimate of drug-likeness (QED) is 0.673. The Morgan fingerprint density at radius 1 is 1.04 bits per heavy atom. The van der Waals surface area contributed by atoms with E-state index < -0.39 is 21.9 Å². The van der Waals surface area contributed by atoms with Crippen molar-refractivity contribution in [2.75, 3.05) is 37.6 Å². The number of aryl methyl sites for hydroxylation is 1.